The minimum Gasteiger partial charge on any atom is -0.493 e. The molecule has 0 spiro atoms. The number of rotatable bonds is 8. The lowest BCUT2D eigenvalue weighted by molar-refractivity contribution is 0.214. The third-order valence-corrected chi connectivity index (χ3v) is 5.10. The van der Waals surface area contributed by atoms with E-state index in [9.17, 15) is 0 Å². The predicted octanol–water partition coefficient (Wildman–Crippen LogP) is 2.49. The lowest BCUT2D eigenvalue weighted by atomic mass is 9.99. The molecule has 0 radical (unpaired) electrons. The number of ether oxygens (including phenoxy) is 2. The molecule has 0 amide bonds. The smallest absolute Gasteiger partial charge is 0.193 e. The number of aliphatic imine (C=N–C) groups is 1. The molecule has 1 aliphatic rings. The van der Waals surface area contributed by atoms with Gasteiger partial charge in [0, 0.05) is 33.2 Å². The fourth-order valence-electron chi connectivity index (χ4n) is 3.55. The van der Waals surface area contributed by atoms with E-state index in [1.54, 1.807) is 14.2 Å². The molecular weight excluding hydrogens is 340 g/mol. The molecule has 1 aliphatic heterocycles. The molecule has 0 aromatic heterocycles. The first-order valence-electron chi connectivity index (χ1n) is 9.96. The third kappa shape index (κ3) is 6.61. The average molecular weight is 377 g/mol. The van der Waals surface area contributed by atoms with Crippen LogP contribution < -0.4 is 14.8 Å². The zero-order valence-electron chi connectivity index (χ0n) is 17.6. The molecule has 0 saturated carbocycles. The van der Waals surface area contributed by atoms with Crippen molar-refractivity contribution in [1.29, 1.82) is 0 Å². The van der Waals surface area contributed by atoms with Gasteiger partial charge in [-0.05, 0) is 63.4 Å². The highest BCUT2D eigenvalue weighted by molar-refractivity contribution is 5.79. The summed E-state index contributed by atoms with van der Waals surface area (Å²) in [7, 11) is 7.65. The highest BCUT2D eigenvalue weighted by atomic mass is 16.5. The molecular formula is C21H36N4O2. The van der Waals surface area contributed by atoms with Crippen LogP contribution in [-0.4, -0.2) is 76.8 Å². The van der Waals surface area contributed by atoms with Gasteiger partial charge in [0.1, 0.15) is 0 Å². The Morgan fingerprint density at radius 2 is 2.07 bits per heavy atom. The van der Waals surface area contributed by atoms with Gasteiger partial charge in [-0.2, -0.15) is 0 Å². The number of nitrogens with one attached hydrogen (secondary N) is 1. The molecule has 1 aromatic carbocycles. The molecule has 1 fully saturated rings. The van der Waals surface area contributed by atoms with Crippen molar-refractivity contribution in [3.05, 3.63) is 23.8 Å². The van der Waals surface area contributed by atoms with Crippen LogP contribution in [0.2, 0.25) is 0 Å². The van der Waals surface area contributed by atoms with Crippen LogP contribution in [-0.2, 0) is 6.42 Å². The van der Waals surface area contributed by atoms with Crippen LogP contribution in [0.1, 0.15) is 25.3 Å². The van der Waals surface area contributed by atoms with Gasteiger partial charge < -0.3 is 24.6 Å². The van der Waals surface area contributed by atoms with Crippen molar-refractivity contribution in [2.75, 3.05) is 61.0 Å². The zero-order valence-corrected chi connectivity index (χ0v) is 17.6. The van der Waals surface area contributed by atoms with Crippen LogP contribution in [0.5, 0.6) is 11.5 Å². The van der Waals surface area contributed by atoms with Crippen LogP contribution in [0.3, 0.4) is 0 Å². The number of guanidine groups is 1. The number of hydrogen-bond acceptors (Lipinski definition) is 4. The maximum absolute atomic E-state index is 5.41. The maximum Gasteiger partial charge on any atom is 0.193 e. The van der Waals surface area contributed by atoms with Crippen molar-refractivity contribution in [2.45, 2.75) is 26.2 Å². The molecule has 152 valence electrons. The number of likely N-dealkylation sites (N-methyl/N-ethyl adjacent to an activating group) is 1. The van der Waals surface area contributed by atoms with Crippen molar-refractivity contribution in [3.8, 4) is 11.5 Å². The van der Waals surface area contributed by atoms with E-state index in [-0.39, 0.29) is 0 Å². The molecule has 2 rings (SSSR count). The van der Waals surface area contributed by atoms with Gasteiger partial charge in [0.2, 0.25) is 0 Å². The molecule has 6 nitrogen and oxygen atoms in total. The second kappa shape index (κ2) is 11.0. The van der Waals surface area contributed by atoms with Gasteiger partial charge in [-0.25, -0.2) is 0 Å². The van der Waals surface area contributed by atoms with E-state index in [1.807, 2.05) is 6.07 Å². The van der Waals surface area contributed by atoms with Crippen molar-refractivity contribution < 1.29 is 9.47 Å². The maximum atomic E-state index is 5.41. The number of nitrogens with zero attached hydrogens (tertiary/aromatic N) is 3. The lowest BCUT2D eigenvalue weighted by Gasteiger charge is -2.29. The average Bonchev–Trinajstić information content (AvgIpc) is 2.69. The van der Waals surface area contributed by atoms with E-state index in [1.165, 1.54) is 24.9 Å². The second-order valence-electron chi connectivity index (χ2n) is 7.33. The monoisotopic (exact) mass is 376 g/mol. The van der Waals surface area contributed by atoms with Crippen LogP contribution in [0, 0.1) is 5.92 Å². The normalized spacial score (nSPS) is 18.3. The van der Waals surface area contributed by atoms with Gasteiger partial charge in [0.15, 0.2) is 17.5 Å². The lowest BCUT2D eigenvalue weighted by Crippen LogP contribution is -2.41. The van der Waals surface area contributed by atoms with Gasteiger partial charge in [-0.15, -0.1) is 0 Å². The second-order valence-corrected chi connectivity index (χ2v) is 7.33. The van der Waals surface area contributed by atoms with Crippen molar-refractivity contribution in [3.63, 3.8) is 0 Å². The Kier molecular flexibility index (Phi) is 8.72. The Morgan fingerprint density at radius 1 is 1.30 bits per heavy atom. The van der Waals surface area contributed by atoms with Gasteiger partial charge in [0.05, 0.1) is 14.2 Å². The standard InChI is InChI=1S/C21H36N4O2/c1-6-22-21(23-15-18-8-7-12-24(2)16-18)25(3)13-11-17-9-10-19(26-4)20(14-17)27-5/h9-10,14,18H,6-8,11-13,15-16H2,1-5H3,(H,22,23). The summed E-state index contributed by atoms with van der Waals surface area (Å²) >= 11 is 0. The van der Waals surface area contributed by atoms with E-state index in [2.05, 4.69) is 48.3 Å². The van der Waals surface area contributed by atoms with Crippen LogP contribution >= 0.6 is 0 Å². The molecule has 0 bridgehead atoms. The van der Waals surface area contributed by atoms with Gasteiger partial charge >= 0.3 is 0 Å². The minimum atomic E-state index is 0.664. The van der Waals surface area contributed by atoms with Crippen LogP contribution in [0.15, 0.2) is 23.2 Å². The van der Waals surface area contributed by atoms with E-state index in [0.29, 0.717) is 5.92 Å². The minimum absolute atomic E-state index is 0.664. The van der Waals surface area contributed by atoms with Crippen LogP contribution in [0.25, 0.3) is 0 Å². The molecule has 1 aromatic rings. The predicted molar refractivity (Wildman–Crippen MR) is 112 cm³/mol. The first-order valence-corrected chi connectivity index (χ1v) is 9.96. The van der Waals surface area contributed by atoms with Crippen molar-refractivity contribution >= 4 is 5.96 Å². The first kappa shape index (κ1) is 21.4. The number of likely N-dealkylation sites (tertiary alicyclic amines) is 1. The topological polar surface area (TPSA) is 49.3 Å². The fourth-order valence-corrected chi connectivity index (χ4v) is 3.55. The van der Waals surface area contributed by atoms with E-state index < -0.39 is 0 Å². The third-order valence-electron chi connectivity index (χ3n) is 5.10. The highest BCUT2D eigenvalue weighted by Gasteiger charge is 2.17. The summed E-state index contributed by atoms with van der Waals surface area (Å²) in [5.74, 6) is 3.20. The largest absolute Gasteiger partial charge is 0.493 e. The number of benzene rings is 1. The molecule has 1 saturated heterocycles. The van der Waals surface area contributed by atoms with Crippen LogP contribution in [0.4, 0.5) is 0 Å². The summed E-state index contributed by atoms with van der Waals surface area (Å²) in [5.41, 5.74) is 1.23. The van der Waals surface area contributed by atoms with Gasteiger partial charge in [-0.1, -0.05) is 6.07 Å². The van der Waals surface area contributed by atoms with Crippen molar-refractivity contribution in [2.24, 2.45) is 10.9 Å². The number of hydrogen-bond donors (Lipinski definition) is 1. The van der Waals surface area contributed by atoms with Gasteiger partial charge in [0.25, 0.3) is 0 Å². The van der Waals surface area contributed by atoms with Crippen molar-refractivity contribution in [1.82, 2.24) is 15.1 Å². The Bertz CT molecular complexity index is 606. The Labute approximate surface area is 164 Å². The first-order chi connectivity index (χ1) is 13.1. The highest BCUT2D eigenvalue weighted by Crippen LogP contribution is 2.27. The Hall–Kier alpha value is -1.95. The molecule has 6 heteroatoms. The Balaban J connectivity index is 1.93. The number of methoxy groups -OCH3 is 2. The summed E-state index contributed by atoms with van der Waals surface area (Å²) in [4.78, 5) is 9.53. The summed E-state index contributed by atoms with van der Waals surface area (Å²) < 4.78 is 10.7. The summed E-state index contributed by atoms with van der Waals surface area (Å²) in [6.07, 6.45) is 3.48. The summed E-state index contributed by atoms with van der Waals surface area (Å²) in [5, 5.41) is 3.43. The fraction of sp³-hybridized carbons (Fsp3) is 0.667. The quantitative estimate of drug-likeness (QED) is 0.558. The van der Waals surface area contributed by atoms with E-state index >= 15 is 0 Å². The molecule has 1 atom stereocenters. The zero-order chi connectivity index (χ0) is 19.6. The van der Waals surface area contributed by atoms with E-state index in [0.717, 1.165) is 50.1 Å². The molecule has 1 heterocycles. The summed E-state index contributed by atoms with van der Waals surface area (Å²) in [6, 6.07) is 6.11. The molecule has 1 N–H and O–H groups in total. The molecule has 1 unspecified atom stereocenters. The SMILES string of the molecule is CCNC(=NCC1CCCN(C)C1)N(C)CCc1ccc(OC)c(OC)c1. The van der Waals surface area contributed by atoms with Gasteiger partial charge in [-0.3, -0.25) is 4.99 Å². The number of piperidine rings is 1. The summed E-state index contributed by atoms with van der Waals surface area (Å²) in [6.45, 7) is 7.15. The Morgan fingerprint density at radius 3 is 2.74 bits per heavy atom. The molecule has 27 heavy (non-hydrogen) atoms. The van der Waals surface area contributed by atoms with E-state index in [4.69, 9.17) is 14.5 Å². The molecule has 0 aliphatic carbocycles.